The normalized spacial score (nSPS) is 14.8. The van der Waals surface area contributed by atoms with Crippen LogP contribution in [-0.4, -0.2) is 52.1 Å². The predicted molar refractivity (Wildman–Crippen MR) is 125 cm³/mol. The maximum absolute atomic E-state index is 10.7. The van der Waals surface area contributed by atoms with Gasteiger partial charge in [-0.3, -0.25) is 4.98 Å². The van der Waals surface area contributed by atoms with Gasteiger partial charge in [0.25, 0.3) is 0 Å². The minimum atomic E-state index is -0.954. The lowest BCUT2D eigenvalue weighted by molar-refractivity contribution is -0.131. The summed E-state index contributed by atoms with van der Waals surface area (Å²) >= 11 is 0. The van der Waals surface area contributed by atoms with E-state index in [1.807, 2.05) is 36.5 Å². The molecule has 0 spiro atoms. The van der Waals surface area contributed by atoms with E-state index in [9.17, 15) is 4.79 Å². The summed E-state index contributed by atoms with van der Waals surface area (Å²) in [5, 5.41) is 13.4. The Morgan fingerprint density at radius 2 is 1.94 bits per heavy atom. The van der Waals surface area contributed by atoms with E-state index in [4.69, 9.17) is 10.1 Å². The Morgan fingerprint density at radius 3 is 2.71 bits per heavy atom. The Hall–Kier alpha value is -3.25. The van der Waals surface area contributed by atoms with E-state index >= 15 is 0 Å². The van der Waals surface area contributed by atoms with Crippen LogP contribution in [-0.2, 0) is 4.79 Å². The fourth-order valence-corrected chi connectivity index (χ4v) is 4.00. The zero-order chi connectivity index (χ0) is 21.5. The Balaban J connectivity index is 1.50. The van der Waals surface area contributed by atoms with Gasteiger partial charge in [0.05, 0.1) is 11.2 Å². The van der Waals surface area contributed by atoms with Gasteiger partial charge in [0, 0.05) is 41.7 Å². The van der Waals surface area contributed by atoms with Crippen LogP contribution in [0.5, 0.6) is 0 Å². The number of hydrogen-bond donors (Lipinski definition) is 2. The molecule has 1 aliphatic heterocycles. The van der Waals surface area contributed by atoms with Gasteiger partial charge in [0.15, 0.2) is 0 Å². The first-order chi connectivity index (χ1) is 15.2. The van der Waals surface area contributed by atoms with Crippen molar-refractivity contribution in [3.05, 3.63) is 60.4 Å². The van der Waals surface area contributed by atoms with E-state index in [0.717, 1.165) is 59.0 Å². The number of aromatic nitrogens is 2. The number of anilines is 1. The first kappa shape index (κ1) is 21.0. The summed E-state index contributed by atoms with van der Waals surface area (Å²) in [5.74, 6) is -0.954. The number of nitrogens with zero attached hydrogens (tertiary/aromatic N) is 3. The van der Waals surface area contributed by atoms with E-state index in [1.54, 1.807) is 12.3 Å². The summed E-state index contributed by atoms with van der Waals surface area (Å²) in [7, 11) is 0. The average molecular weight is 417 g/mol. The number of piperidine rings is 1. The Bertz CT molecular complexity index is 1060. The van der Waals surface area contributed by atoms with E-state index in [0.29, 0.717) is 0 Å². The van der Waals surface area contributed by atoms with Crippen molar-refractivity contribution in [1.82, 2.24) is 14.9 Å². The molecule has 1 fully saturated rings. The summed E-state index contributed by atoms with van der Waals surface area (Å²) < 4.78 is 0. The highest BCUT2D eigenvalue weighted by Gasteiger charge is 2.10. The van der Waals surface area contributed by atoms with Crippen molar-refractivity contribution in [1.29, 1.82) is 0 Å². The molecule has 31 heavy (non-hydrogen) atoms. The van der Waals surface area contributed by atoms with Gasteiger partial charge in [-0.2, -0.15) is 0 Å². The predicted octanol–water partition coefficient (Wildman–Crippen LogP) is 4.68. The van der Waals surface area contributed by atoms with Gasteiger partial charge in [-0.05, 0) is 62.7 Å². The van der Waals surface area contributed by atoms with Crippen molar-refractivity contribution in [3.63, 3.8) is 0 Å². The van der Waals surface area contributed by atoms with Gasteiger partial charge in [0.2, 0.25) is 0 Å². The fourth-order valence-electron chi connectivity index (χ4n) is 4.00. The monoisotopic (exact) mass is 416 g/mol. The molecule has 3 aromatic rings. The topological polar surface area (TPSA) is 78.4 Å². The summed E-state index contributed by atoms with van der Waals surface area (Å²) in [5.41, 5.74) is 4.66. The number of hydrogen-bond acceptors (Lipinski definition) is 5. The fraction of sp³-hybridized carbons (Fsp3) is 0.320. The van der Waals surface area contributed by atoms with Crippen molar-refractivity contribution >= 4 is 28.6 Å². The van der Waals surface area contributed by atoms with Crippen LogP contribution in [0, 0.1) is 0 Å². The third-order valence-electron chi connectivity index (χ3n) is 5.65. The third kappa shape index (κ3) is 5.67. The number of carboxylic acid groups (broad SMARTS) is 1. The molecule has 1 aromatic carbocycles. The smallest absolute Gasteiger partial charge is 0.328 e. The van der Waals surface area contributed by atoms with Gasteiger partial charge in [-0.25, -0.2) is 9.78 Å². The molecule has 0 amide bonds. The highest BCUT2D eigenvalue weighted by molar-refractivity contribution is 5.93. The molecule has 4 rings (SSSR count). The average Bonchev–Trinajstić information content (AvgIpc) is 2.81. The van der Waals surface area contributed by atoms with Gasteiger partial charge in [-0.1, -0.05) is 30.7 Å². The Kier molecular flexibility index (Phi) is 6.89. The first-order valence-electron chi connectivity index (χ1n) is 10.9. The highest BCUT2D eigenvalue weighted by atomic mass is 16.4. The van der Waals surface area contributed by atoms with Crippen LogP contribution in [0.15, 0.2) is 54.9 Å². The summed E-state index contributed by atoms with van der Waals surface area (Å²) in [6.45, 7) is 4.49. The van der Waals surface area contributed by atoms with Crippen LogP contribution in [0.3, 0.4) is 0 Å². The second-order valence-electron chi connectivity index (χ2n) is 7.92. The maximum atomic E-state index is 10.7. The number of aliphatic carboxylic acids is 1. The zero-order valence-corrected chi connectivity index (χ0v) is 17.6. The molecular formula is C25H28N4O2. The van der Waals surface area contributed by atoms with Crippen molar-refractivity contribution in [2.75, 3.05) is 31.5 Å². The minimum Gasteiger partial charge on any atom is -0.478 e. The van der Waals surface area contributed by atoms with Crippen LogP contribution in [0.2, 0.25) is 0 Å². The van der Waals surface area contributed by atoms with E-state index < -0.39 is 5.97 Å². The molecule has 2 N–H and O–H groups in total. The number of benzene rings is 1. The first-order valence-corrected chi connectivity index (χ1v) is 10.9. The van der Waals surface area contributed by atoms with E-state index in [1.165, 1.54) is 32.4 Å². The molecule has 6 nitrogen and oxygen atoms in total. The van der Waals surface area contributed by atoms with Gasteiger partial charge >= 0.3 is 5.97 Å². The number of pyridine rings is 2. The molecule has 0 saturated carbocycles. The molecule has 3 heterocycles. The molecular weight excluding hydrogens is 388 g/mol. The molecule has 1 saturated heterocycles. The number of carbonyl (C=O) groups is 1. The molecule has 0 bridgehead atoms. The third-order valence-corrected chi connectivity index (χ3v) is 5.65. The van der Waals surface area contributed by atoms with Gasteiger partial charge in [0.1, 0.15) is 0 Å². The maximum Gasteiger partial charge on any atom is 0.328 e. The summed E-state index contributed by atoms with van der Waals surface area (Å²) in [6, 6.07) is 11.8. The Morgan fingerprint density at radius 1 is 1.13 bits per heavy atom. The molecule has 0 radical (unpaired) electrons. The number of carboxylic acids is 1. The SMILES string of the molecule is O=C(O)/C=C/c1ccc(-c2cc(NCCCN3CCCCC3)c3cnccc3n2)cc1. The standard InChI is InChI=1S/C25H28N4O2/c30-25(31)10-7-19-5-8-20(9-6-19)23-17-24(21-18-26-13-11-22(21)28-23)27-12-4-16-29-14-2-1-3-15-29/h5-11,13,17-18H,1-4,12,14-16H2,(H,27,28)(H,30,31)/b10-7+. The molecule has 0 unspecified atom stereocenters. The van der Waals surface area contributed by atoms with Crippen molar-refractivity contribution in [2.24, 2.45) is 0 Å². The van der Waals surface area contributed by atoms with Gasteiger partial charge < -0.3 is 15.3 Å². The molecule has 0 atom stereocenters. The zero-order valence-electron chi connectivity index (χ0n) is 17.6. The van der Waals surface area contributed by atoms with Crippen LogP contribution in [0.4, 0.5) is 5.69 Å². The number of likely N-dealkylation sites (tertiary alicyclic amines) is 1. The Labute approximate surface area is 182 Å². The molecule has 0 aliphatic carbocycles. The highest BCUT2D eigenvalue weighted by Crippen LogP contribution is 2.28. The van der Waals surface area contributed by atoms with Crippen LogP contribution >= 0.6 is 0 Å². The largest absolute Gasteiger partial charge is 0.478 e. The van der Waals surface area contributed by atoms with Crippen LogP contribution < -0.4 is 5.32 Å². The quantitative estimate of drug-likeness (QED) is 0.410. The lowest BCUT2D eigenvalue weighted by atomic mass is 10.1. The molecule has 160 valence electrons. The lowest BCUT2D eigenvalue weighted by Gasteiger charge is -2.26. The molecule has 1 aliphatic rings. The second kappa shape index (κ2) is 10.2. The minimum absolute atomic E-state index is 0.840. The lowest BCUT2D eigenvalue weighted by Crippen LogP contribution is -2.31. The van der Waals surface area contributed by atoms with Crippen LogP contribution in [0.1, 0.15) is 31.2 Å². The second-order valence-corrected chi connectivity index (χ2v) is 7.92. The summed E-state index contributed by atoms with van der Waals surface area (Å²) in [4.78, 5) is 22.4. The van der Waals surface area contributed by atoms with Crippen molar-refractivity contribution < 1.29 is 9.90 Å². The number of nitrogens with one attached hydrogen (secondary N) is 1. The molecule has 6 heteroatoms. The van der Waals surface area contributed by atoms with Gasteiger partial charge in [-0.15, -0.1) is 0 Å². The van der Waals surface area contributed by atoms with E-state index in [2.05, 4.69) is 21.3 Å². The number of fused-ring (bicyclic) bond motifs is 1. The van der Waals surface area contributed by atoms with Crippen molar-refractivity contribution in [3.8, 4) is 11.3 Å². The van der Waals surface area contributed by atoms with Crippen LogP contribution in [0.25, 0.3) is 28.2 Å². The number of rotatable bonds is 8. The summed E-state index contributed by atoms with van der Waals surface area (Å²) in [6.07, 6.45) is 11.5. The van der Waals surface area contributed by atoms with Crippen molar-refractivity contribution in [2.45, 2.75) is 25.7 Å². The van der Waals surface area contributed by atoms with E-state index in [-0.39, 0.29) is 0 Å². The molecule has 2 aromatic heterocycles.